The maximum Gasteiger partial charge on any atom is 0.0543 e. The van der Waals surface area contributed by atoms with Gasteiger partial charge in [-0.25, -0.2) is 0 Å². The number of aromatic nitrogens is 1. The van der Waals surface area contributed by atoms with Crippen LogP contribution in [-0.2, 0) is 5.41 Å². The Kier molecular flexibility index (Phi) is 7.55. The van der Waals surface area contributed by atoms with E-state index in [4.69, 9.17) is 0 Å². The molecule has 0 atom stereocenters. The van der Waals surface area contributed by atoms with Gasteiger partial charge in [0, 0.05) is 38.8 Å². The van der Waals surface area contributed by atoms with E-state index in [0.29, 0.717) is 0 Å². The van der Waals surface area contributed by atoms with Gasteiger partial charge in [0.1, 0.15) is 0 Å². The molecule has 0 radical (unpaired) electrons. The Hall–Kier alpha value is -7.16. The first-order valence-corrected chi connectivity index (χ1v) is 19.8. The minimum absolute atomic E-state index is 0.210. The minimum Gasteiger partial charge on any atom is -0.310 e. The van der Waals surface area contributed by atoms with Gasteiger partial charge in [-0.2, -0.15) is 0 Å². The monoisotopic (exact) mass is 728 g/mol. The molecule has 0 saturated carbocycles. The highest BCUT2D eigenvalue weighted by Gasteiger charge is 2.38. The van der Waals surface area contributed by atoms with Crippen LogP contribution in [0.5, 0.6) is 0 Å². The standard InChI is InChI=1S/C55H40N2/c1-55(2)49-19-12-22-53(57-51-20-10-8-17-46(51)47-18-9-11-21-52(47)57)54(49)48-34-33-45(36-50(48)55)56(43-29-25-39(26-30-43)37-13-4-3-5-14-37)44-31-27-40(28-32-44)42-24-23-38-15-6-7-16-41(38)35-42/h3-36H,1-2H3. The zero-order valence-corrected chi connectivity index (χ0v) is 32.0. The lowest BCUT2D eigenvalue weighted by Gasteiger charge is -2.28. The van der Waals surface area contributed by atoms with Crippen molar-refractivity contribution in [3.63, 3.8) is 0 Å². The Morgan fingerprint density at radius 1 is 0.386 bits per heavy atom. The Morgan fingerprint density at radius 3 is 1.61 bits per heavy atom. The molecule has 0 saturated heterocycles. The molecule has 0 amide bonds. The van der Waals surface area contributed by atoms with Gasteiger partial charge in [-0.3, -0.25) is 0 Å². The Morgan fingerprint density at radius 2 is 0.930 bits per heavy atom. The van der Waals surface area contributed by atoms with Crippen molar-refractivity contribution in [3.05, 3.63) is 217 Å². The van der Waals surface area contributed by atoms with E-state index in [1.165, 1.54) is 82.8 Å². The second kappa shape index (κ2) is 13.0. The number of nitrogens with zero attached hydrogens (tertiary/aromatic N) is 2. The molecule has 0 spiro atoms. The van der Waals surface area contributed by atoms with Gasteiger partial charge < -0.3 is 9.47 Å². The van der Waals surface area contributed by atoms with Gasteiger partial charge in [0.2, 0.25) is 0 Å². The van der Waals surface area contributed by atoms with Crippen LogP contribution in [-0.4, -0.2) is 4.57 Å². The molecule has 0 bridgehead atoms. The van der Waals surface area contributed by atoms with Crippen LogP contribution in [0.1, 0.15) is 25.0 Å². The molecule has 2 heteroatoms. The molecule has 270 valence electrons. The molecular weight excluding hydrogens is 689 g/mol. The van der Waals surface area contributed by atoms with Crippen LogP contribution in [0.4, 0.5) is 17.1 Å². The first-order chi connectivity index (χ1) is 28.0. The predicted molar refractivity (Wildman–Crippen MR) is 241 cm³/mol. The van der Waals surface area contributed by atoms with E-state index in [9.17, 15) is 0 Å². The third-order valence-corrected chi connectivity index (χ3v) is 12.2. The van der Waals surface area contributed by atoms with Gasteiger partial charge >= 0.3 is 0 Å². The first-order valence-electron chi connectivity index (χ1n) is 19.8. The van der Waals surface area contributed by atoms with Gasteiger partial charge in [-0.1, -0.05) is 159 Å². The molecule has 0 fully saturated rings. The van der Waals surface area contributed by atoms with Gasteiger partial charge in [0.25, 0.3) is 0 Å². The Labute approximate surface area is 333 Å². The van der Waals surface area contributed by atoms with Crippen molar-refractivity contribution < 1.29 is 0 Å². The summed E-state index contributed by atoms with van der Waals surface area (Å²) >= 11 is 0. The average molecular weight is 729 g/mol. The molecule has 1 aromatic heterocycles. The quantitative estimate of drug-likeness (QED) is 0.165. The Balaban J connectivity index is 1.05. The van der Waals surface area contributed by atoms with Crippen LogP contribution in [0.15, 0.2) is 206 Å². The summed E-state index contributed by atoms with van der Waals surface area (Å²) in [6, 6.07) is 75.6. The van der Waals surface area contributed by atoms with E-state index < -0.39 is 0 Å². The Bertz CT molecular complexity index is 3080. The van der Waals surface area contributed by atoms with Gasteiger partial charge in [-0.15, -0.1) is 0 Å². The number of hydrogen-bond acceptors (Lipinski definition) is 1. The highest BCUT2D eigenvalue weighted by atomic mass is 15.1. The second-order valence-electron chi connectivity index (χ2n) is 15.8. The molecular formula is C55H40N2. The molecule has 57 heavy (non-hydrogen) atoms. The number of hydrogen-bond donors (Lipinski definition) is 0. The lowest BCUT2D eigenvalue weighted by Crippen LogP contribution is -2.16. The third-order valence-electron chi connectivity index (χ3n) is 12.2. The van der Waals surface area contributed by atoms with Crippen molar-refractivity contribution in [2.24, 2.45) is 0 Å². The summed E-state index contributed by atoms with van der Waals surface area (Å²) in [5.41, 5.74) is 17.0. The summed E-state index contributed by atoms with van der Waals surface area (Å²) in [5, 5.41) is 5.06. The fourth-order valence-corrected chi connectivity index (χ4v) is 9.32. The highest BCUT2D eigenvalue weighted by molar-refractivity contribution is 6.10. The molecule has 0 aliphatic heterocycles. The predicted octanol–water partition coefficient (Wildman–Crippen LogP) is 15.0. The normalized spacial score (nSPS) is 12.9. The van der Waals surface area contributed by atoms with Gasteiger partial charge in [-0.05, 0) is 110 Å². The fourth-order valence-electron chi connectivity index (χ4n) is 9.32. The molecule has 1 heterocycles. The van der Waals surface area contributed by atoms with Crippen molar-refractivity contribution in [1.82, 2.24) is 4.57 Å². The maximum absolute atomic E-state index is 2.47. The second-order valence-corrected chi connectivity index (χ2v) is 15.8. The summed E-state index contributed by atoms with van der Waals surface area (Å²) in [5.74, 6) is 0. The molecule has 1 aliphatic rings. The van der Waals surface area contributed by atoms with Crippen molar-refractivity contribution >= 4 is 49.6 Å². The third kappa shape index (κ3) is 5.33. The zero-order valence-electron chi connectivity index (χ0n) is 32.0. The number of fused-ring (bicyclic) bond motifs is 7. The molecule has 9 aromatic carbocycles. The van der Waals surface area contributed by atoms with E-state index in [2.05, 4.69) is 230 Å². The van der Waals surface area contributed by atoms with Crippen molar-refractivity contribution in [2.75, 3.05) is 4.90 Å². The van der Waals surface area contributed by atoms with Crippen molar-refractivity contribution in [2.45, 2.75) is 19.3 Å². The van der Waals surface area contributed by atoms with Crippen molar-refractivity contribution in [3.8, 4) is 39.1 Å². The molecule has 0 N–H and O–H groups in total. The summed E-state index contributed by atoms with van der Waals surface area (Å²) in [6.07, 6.45) is 0. The van der Waals surface area contributed by atoms with Gasteiger partial charge in [0.15, 0.2) is 0 Å². The van der Waals surface area contributed by atoms with Crippen LogP contribution < -0.4 is 4.90 Å². The number of anilines is 3. The molecule has 10 aromatic rings. The van der Waals surface area contributed by atoms with Crippen LogP contribution in [0, 0.1) is 0 Å². The molecule has 11 rings (SSSR count). The lowest BCUT2D eigenvalue weighted by molar-refractivity contribution is 0.660. The van der Waals surface area contributed by atoms with Crippen molar-refractivity contribution in [1.29, 1.82) is 0 Å². The number of para-hydroxylation sites is 2. The van der Waals surface area contributed by atoms with E-state index in [1.807, 2.05) is 0 Å². The van der Waals surface area contributed by atoms with Crippen LogP contribution in [0.2, 0.25) is 0 Å². The lowest BCUT2D eigenvalue weighted by atomic mass is 9.82. The zero-order chi connectivity index (χ0) is 38.1. The first kappa shape index (κ1) is 33.2. The molecule has 1 aliphatic carbocycles. The average Bonchev–Trinajstić information content (AvgIpc) is 3.72. The van der Waals surface area contributed by atoms with E-state index >= 15 is 0 Å². The SMILES string of the molecule is CC1(C)c2cc(N(c3ccc(-c4ccccc4)cc3)c3ccc(-c4ccc5ccccc5c4)cc3)ccc2-c2c(-n3c4ccccc4c4ccccc43)cccc21. The fraction of sp³-hybridized carbons (Fsp3) is 0.0545. The summed E-state index contributed by atoms with van der Waals surface area (Å²) in [7, 11) is 0. The van der Waals surface area contributed by atoms with Crippen LogP contribution in [0.3, 0.4) is 0 Å². The molecule has 2 nitrogen and oxygen atoms in total. The minimum atomic E-state index is -0.210. The van der Waals surface area contributed by atoms with E-state index in [-0.39, 0.29) is 5.41 Å². The molecule has 0 unspecified atom stereocenters. The highest BCUT2D eigenvalue weighted by Crippen LogP contribution is 2.53. The summed E-state index contributed by atoms with van der Waals surface area (Å²) < 4.78 is 2.47. The van der Waals surface area contributed by atoms with E-state index in [0.717, 1.165) is 17.1 Å². The van der Waals surface area contributed by atoms with E-state index in [1.54, 1.807) is 0 Å². The van der Waals surface area contributed by atoms with Gasteiger partial charge in [0.05, 0.1) is 16.7 Å². The number of rotatable bonds is 6. The smallest absolute Gasteiger partial charge is 0.0543 e. The summed E-state index contributed by atoms with van der Waals surface area (Å²) in [6.45, 7) is 4.77. The topological polar surface area (TPSA) is 8.17 Å². The maximum atomic E-state index is 2.47. The largest absolute Gasteiger partial charge is 0.310 e. The number of benzene rings is 9. The summed E-state index contributed by atoms with van der Waals surface area (Å²) in [4.78, 5) is 2.41. The van der Waals surface area contributed by atoms with Crippen LogP contribution in [0.25, 0.3) is 71.6 Å². The van der Waals surface area contributed by atoms with Crippen LogP contribution >= 0.6 is 0 Å².